The van der Waals surface area contributed by atoms with E-state index in [4.69, 9.17) is 9.47 Å². The molecule has 36 heavy (non-hydrogen) atoms. The van der Waals surface area contributed by atoms with Crippen molar-refractivity contribution in [3.05, 3.63) is 101 Å². The minimum absolute atomic E-state index is 0.00590. The summed E-state index contributed by atoms with van der Waals surface area (Å²) in [5, 5.41) is 11.2. The van der Waals surface area contributed by atoms with Crippen LogP contribution in [0.3, 0.4) is 0 Å². The number of aliphatic hydroxyl groups excluding tert-OH is 1. The number of nitrogens with zero attached hydrogens (tertiary/aromatic N) is 1. The fourth-order valence-corrected chi connectivity index (χ4v) is 4.31. The van der Waals surface area contributed by atoms with Gasteiger partial charge < -0.3 is 14.6 Å². The van der Waals surface area contributed by atoms with Crippen LogP contribution in [0.15, 0.2) is 78.4 Å². The first-order valence-corrected chi connectivity index (χ1v) is 11.6. The second-order valence-corrected chi connectivity index (χ2v) is 8.46. The summed E-state index contributed by atoms with van der Waals surface area (Å²) in [6.07, 6.45) is 0.103. The monoisotopic (exact) mass is 485 g/mol. The summed E-state index contributed by atoms with van der Waals surface area (Å²) in [7, 11) is 1.54. The Balaban J connectivity index is 1.80. The average molecular weight is 486 g/mol. The number of ketones is 1. The van der Waals surface area contributed by atoms with E-state index >= 15 is 0 Å². The number of carbonyl (C=O) groups is 3. The van der Waals surface area contributed by atoms with Gasteiger partial charge in [0.15, 0.2) is 0 Å². The number of hydrogen-bond acceptors (Lipinski definition) is 6. The van der Waals surface area contributed by atoms with Gasteiger partial charge in [0.25, 0.3) is 11.7 Å². The third-order valence-electron chi connectivity index (χ3n) is 6.03. The van der Waals surface area contributed by atoms with Crippen molar-refractivity contribution in [3.8, 4) is 5.75 Å². The number of carbonyl (C=O) groups excluding carboxylic acids is 3. The molecule has 184 valence electrons. The minimum Gasteiger partial charge on any atom is -0.507 e. The van der Waals surface area contributed by atoms with E-state index in [0.29, 0.717) is 29.2 Å². The van der Waals surface area contributed by atoms with Crippen molar-refractivity contribution in [1.82, 2.24) is 0 Å². The Morgan fingerprint density at radius 2 is 1.69 bits per heavy atom. The minimum atomic E-state index is -0.831. The van der Waals surface area contributed by atoms with Gasteiger partial charge in [-0.05, 0) is 61.4 Å². The molecule has 1 N–H and O–H groups in total. The molecule has 1 unspecified atom stereocenters. The molecule has 3 aromatic rings. The van der Waals surface area contributed by atoms with Gasteiger partial charge in [-0.15, -0.1) is 0 Å². The highest BCUT2D eigenvalue weighted by molar-refractivity contribution is 6.51. The second kappa shape index (κ2) is 10.5. The lowest BCUT2D eigenvalue weighted by Gasteiger charge is -2.26. The topological polar surface area (TPSA) is 93.1 Å². The maximum absolute atomic E-state index is 13.3. The van der Waals surface area contributed by atoms with Crippen molar-refractivity contribution in [2.75, 3.05) is 18.6 Å². The Morgan fingerprint density at radius 3 is 2.31 bits per heavy atom. The van der Waals surface area contributed by atoms with Gasteiger partial charge in [0.1, 0.15) is 11.5 Å². The molecule has 0 aliphatic carbocycles. The van der Waals surface area contributed by atoms with Crippen molar-refractivity contribution >= 4 is 29.1 Å². The number of Topliss-reactive ketones (excluding diaryl/α,β-unsaturated/α-hetero) is 1. The van der Waals surface area contributed by atoms with Crippen LogP contribution in [0.25, 0.3) is 5.76 Å². The van der Waals surface area contributed by atoms with Crippen LogP contribution in [0.2, 0.25) is 0 Å². The van der Waals surface area contributed by atoms with E-state index in [0.717, 1.165) is 11.1 Å². The van der Waals surface area contributed by atoms with Gasteiger partial charge in [-0.1, -0.05) is 42.0 Å². The van der Waals surface area contributed by atoms with Crippen molar-refractivity contribution in [3.63, 3.8) is 0 Å². The molecular formula is C29H27NO6. The third kappa shape index (κ3) is 4.86. The first-order valence-electron chi connectivity index (χ1n) is 11.6. The predicted molar refractivity (Wildman–Crippen MR) is 136 cm³/mol. The van der Waals surface area contributed by atoms with Gasteiger partial charge in [0.05, 0.1) is 31.8 Å². The molecule has 1 amide bonds. The Morgan fingerprint density at radius 1 is 1.00 bits per heavy atom. The van der Waals surface area contributed by atoms with Crippen molar-refractivity contribution < 1.29 is 29.0 Å². The molecule has 0 saturated carbocycles. The number of amides is 1. The third-order valence-corrected chi connectivity index (χ3v) is 6.03. The molecule has 1 aliphatic rings. The molecule has 7 nitrogen and oxygen atoms in total. The van der Waals surface area contributed by atoms with E-state index in [1.165, 1.54) is 12.0 Å². The molecule has 1 heterocycles. The van der Waals surface area contributed by atoms with Crippen LogP contribution < -0.4 is 9.64 Å². The standard InChI is InChI=1S/C29H27NO6/c1-4-36-24(31)17-19-8-12-22(13-9-19)30-26(21-7-5-6-18(2)16-21)25(28(33)29(30)34)27(32)20-10-14-23(35-3)15-11-20/h5-16,26,32H,4,17H2,1-3H3/b27-25-. The Hall–Kier alpha value is -4.39. The Kier molecular flexibility index (Phi) is 7.20. The molecular weight excluding hydrogens is 458 g/mol. The summed E-state index contributed by atoms with van der Waals surface area (Å²) >= 11 is 0. The average Bonchev–Trinajstić information content (AvgIpc) is 3.14. The van der Waals surface area contributed by atoms with Gasteiger partial charge in [-0.3, -0.25) is 19.3 Å². The zero-order chi connectivity index (χ0) is 25.8. The van der Waals surface area contributed by atoms with Gasteiger partial charge >= 0.3 is 5.97 Å². The van der Waals surface area contributed by atoms with Crippen LogP contribution in [0.1, 0.15) is 35.2 Å². The summed E-state index contributed by atoms with van der Waals surface area (Å²) in [6, 6.07) is 20.1. The number of esters is 1. The Labute approximate surface area is 209 Å². The summed E-state index contributed by atoms with van der Waals surface area (Å²) in [5.41, 5.74) is 3.25. The SMILES string of the molecule is CCOC(=O)Cc1ccc(N2C(=O)C(=O)/C(=C(\O)c3ccc(OC)cc3)C2c2cccc(C)c2)cc1. The van der Waals surface area contributed by atoms with E-state index in [1.807, 2.05) is 31.2 Å². The fourth-order valence-electron chi connectivity index (χ4n) is 4.31. The molecule has 1 saturated heterocycles. The molecule has 1 atom stereocenters. The van der Waals surface area contributed by atoms with E-state index in [-0.39, 0.29) is 23.7 Å². The smallest absolute Gasteiger partial charge is 0.310 e. The van der Waals surface area contributed by atoms with E-state index in [9.17, 15) is 19.5 Å². The quantitative estimate of drug-likeness (QED) is 0.225. The lowest BCUT2D eigenvalue weighted by Crippen LogP contribution is -2.29. The molecule has 1 aliphatic heterocycles. The lowest BCUT2D eigenvalue weighted by atomic mass is 9.94. The van der Waals surface area contributed by atoms with Crippen LogP contribution >= 0.6 is 0 Å². The van der Waals surface area contributed by atoms with Crippen molar-refractivity contribution in [2.45, 2.75) is 26.3 Å². The highest BCUT2D eigenvalue weighted by atomic mass is 16.5. The maximum Gasteiger partial charge on any atom is 0.310 e. The molecule has 4 rings (SSSR count). The molecule has 3 aromatic carbocycles. The van der Waals surface area contributed by atoms with Gasteiger partial charge in [0.2, 0.25) is 0 Å². The molecule has 0 bridgehead atoms. The zero-order valence-electron chi connectivity index (χ0n) is 20.4. The predicted octanol–water partition coefficient (Wildman–Crippen LogP) is 4.74. The number of rotatable bonds is 7. The van der Waals surface area contributed by atoms with E-state index < -0.39 is 17.7 Å². The number of ether oxygens (including phenoxy) is 2. The van der Waals surface area contributed by atoms with Crippen LogP contribution in [-0.2, 0) is 25.5 Å². The largest absolute Gasteiger partial charge is 0.507 e. The zero-order valence-corrected chi connectivity index (χ0v) is 20.4. The molecule has 0 aromatic heterocycles. The molecule has 0 radical (unpaired) electrons. The fraction of sp³-hybridized carbons (Fsp3) is 0.207. The van der Waals surface area contributed by atoms with E-state index in [1.54, 1.807) is 55.5 Å². The molecule has 1 fully saturated rings. The first kappa shape index (κ1) is 24.7. The van der Waals surface area contributed by atoms with Gasteiger partial charge in [0, 0.05) is 11.3 Å². The Bertz CT molecular complexity index is 1320. The van der Waals surface area contributed by atoms with Crippen LogP contribution in [-0.4, -0.2) is 36.5 Å². The molecule has 0 spiro atoms. The number of anilines is 1. The number of hydrogen-bond donors (Lipinski definition) is 1. The van der Waals surface area contributed by atoms with Crippen LogP contribution in [0.5, 0.6) is 5.75 Å². The summed E-state index contributed by atoms with van der Waals surface area (Å²) in [6.45, 7) is 3.96. The molecule has 7 heteroatoms. The lowest BCUT2D eigenvalue weighted by molar-refractivity contribution is -0.142. The van der Waals surface area contributed by atoms with Gasteiger partial charge in [-0.2, -0.15) is 0 Å². The van der Waals surface area contributed by atoms with Crippen LogP contribution in [0.4, 0.5) is 5.69 Å². The summed E-state index contributed by atoms with van der Waals surface area (Å²) in [4.78, 5) is 39.8. The highest BCUT2D eigenvalue weighted by Crippen LogP contribution is 2.42. The summed E-state index contributed by atoms with van der Waals surface area (Å²) < 4.78 is 10.2. The van der Waals surface area contributed by atoms with Crippen molar-refractivity contribution in [1.29, 1.82) is 0 Å². The number of aryl methyl sites for hydroxylation is 1. The van der Waals surface area contributed by atoms with E-state index in [2.05, 4.69) is 0 Å². The number of methoxy groups -OCH3 is 1. The first-order chi connectivity index (χ1) is 17.3. The van der Waals surface area contributed by atoms with Crippen LogP contribution in [0, 0.1) is 6.92 Å². The second-order valence-electron chi connectivity index (χ2n) is 8.46. The maximum atomic E-state index is 13.3. The highest BCUT2D eigenvalue weighted by Gasteiger charge is 2.47. The summed E-state index contributed by atoms with van der Waals surface area (Å²) in [5.74, 6) is -1.51. The normalized spacial score (nSPS) is 16.8. The van der Waals surface area contributed by atoms with Gasteiger partial charge in [-0.25, -0.2) is 0 Å². The number of aliphatic hydroxyl groups is 1. The number of benzene rings is 3. The van der Waals surface area contributed by atoms with Crippen molar-refractivity contribution in [2.24, 2.45) is 0 Å².